The van der Waals surface area contributed by atoms with Crippen molar-refractivity contribution in [2.75, 3.05) is 14.2 Å². The Kier molecular flexibility index (Phi) is 5.48. The van der Waals surface area contributed by atoms with Crippen LogP contribution in [0.5, 0.6) is 11.5 Å². The van der Waals surface area contributed by atoms with Gasteiger partial charge in [0.2, 0.25) is 0 Å². The Labute approximate surface area is 176 Å². The van der Waals surface area contributed by atoms with Crippen LogP contribution in [0.1, 0.15) is 5.69 Å². The quantitative estimate of drug-likeness (QED) is 0.368. The average molecular weight is 432 g/mol. The van der Waals surface area contributed by atoms with E-state index in [0.29, 0.717) is 5.02 Å². The third-order valence-corrected chi connectivity index (χ3v) is 6.56. The van der Waals surface area contributed by atoms with Gasteiger partial charge in [0.15, 0.2) is 5.16 Å². The lowest BCUT2D eigenvalue weighted by molar-refractivity contribution is 0.395. The van der Waals surface area contributed by atoms with Gasteiger partial charge in [0.05, 0.1) is 36.5 Å². The zero-order valence-electron chi connectivity index (χ0n) is 15.6. The summed E-state index contributed by atoms with van der Waals surface area (Å²) in [4.78, 5) is 9.46. The van der Waals surface area contributed by atoms with Gasteiger partial charge in [-0.2, -0.15) is 0 Å². The topological polar surface area (TPSA) is 49.2 Å². The predicted octanol–water partition coefficient (Wildman–Crippen LogP) is 5.66. The van der Waals surface area contributed by atoms with Crippen LogP contribution in [0.15, 0.2) is 46.9 Å². The minimum absolute atomic E-state index is 0.694. The maximum Gasteiger partial charge on any atom is 0.169 e. The first kappa shape index (κ1) is 19.1. The molecule has 0 aliphatic heterocycles. The van der Waals surface area contributed by atoms with E-state index in [4.69, 9.17) is 26.1 Å². The van der Waals surface area contributed by atoms with E-state index in [1.165, 1.54) is 0 Å². The number of thioether (sulfide) groups is 1. The molecule has 2 heterocycles. The number of thiazole rings is 1. The van der Waals surface area contributed by atoms with Gasteiger partial charge in [0.1, 0.15) is 16.5 Å². The summed E-state index contributed by atoms with van der Waals surface area (Å²) in [5, 5.41) is 4.63. The average Bonchev–Trinajstić information content (AvgIpc) is 3.30. The van der Waals surface area contributed by atoms with Crippen molar-refractivity contribution in [1.82, 2.24) is 14.5 Å². The SMILES string of the molecule is COc1ccc(-c2nc(CSc3nc4cc(Cl)ccc4n3C)cs2)c(OC)c1. The maximum absolute atomic E-state index is 6.08. The third-order valence-electron chi connectivity index (χ3n) is 4.34. The number of hydrogen-bond donors (Lipinski definition) is 0. The van der Waals surface area contributed by atoms with Crippen molar-refractivity contribution in [3.63, 3.8) is 0 Å². The molecule has 0 radical (unpaired) electrons. The summed E-state index contributed by atoms with van der Waals surface area (Å²) in [5.74, 6) is 2.25. The highest BCUT2D eigenvalue weighted by Crippen LogP contribution is 2.36. The number of imidazole rings is 1. The monoisotopic (exact) mass is 431 g/mol. The van der Waals surface area contributed by atoms with Crippen molar-refractivity contribution in [1.29, 1.82) is 0 Å². The highest BCUT2D eigenvalue weighted by molar-refractivity contribution is 7.98. The lowest BCUT2D eigenvalue weighted by Crippen LogP contribution is -1.92. The van der Waals surface area contributed by atoms with E-state index in [9.17, 15) is 0 Å². The molecule has 0 unspecified atom stereocenters. The molecule has 5 nitrogen and oxygen atoms in total. The molecular formula is C20H18ClN3O2S2. The Bertz CT molecular complexity index is 1140. The first-order valence-electron chi connectivity index (χ1n) is 8.50. The van der Waals surface area contributed by atoms with Gasteiger partial charge in [-0.05, 0) is 30.3 Å². The molecule has 2 aromatic heterocycles. The standard InChI is InChI=1S/C20H18ClN3O2S2/c1-24-17-7-4-12(21)8-16(17)23-20(24)28-11-13-10-27-19(22-13)15-6-5-14(25-2)9-18(15)26-3/h4-10H,11H2,1-3H3. The van der Waals surface area contributed by atoms with Crippen LogP contribution in [-0.4, -0.2) is 28.8 Å². The van der Waals surface area contributed by atoms with Crippen molar-refractivity contribution in [2.24, 2.45) is 7.05 Å². The first-order valence-corrected chi connectivity index (χ1v) is 10.7. The molecule has 0 saturated heterocycles. The van der Waals surface area contributed by atoms with Crippen molar-refractivity contribution in [3.05, 3.63) is 52.5 Å². The summed E-state index contributed by atoms with van der Waals surface area (Å²) in [6.07, 6.45) is 0. The predicted molar refractivity (Wildman–Crippen MR) is 116 cm³/mol. The van der Waals surface area contributed by atoms with Crippen LogP contribution < -0.4 is 9.47 Å². The molecule has 0 saturated carbocycles. The number of aryl methyl sites for hydroxylation is 1. The fourth-order valence-corrected chi connectivity index (χ4v) is 4.89. The molecule has 4 rings (SSSR count). The number of halogens is 1. The molecule has 0 amide bonds. The highest BCUT2D eigenvalue weighted by Gasteiger charge is 2.13. The van der Waals surface area contributed by atoms with Gasteiger partial charge in [-0.15, -0.1) is 11.3 Å². The van der Waals surface area contributed by atoms with Crippen molar-refractivity contribution >= 4 is 45.7 Å². The summed E-state index contributed by atoms with van der Waals surface area (Å²) >= 11 is 9.34. The van der Waals surface area contributed by atoms with Gasteiger partial charge < -0.3 is 14.0 Å². The fraction of sp³-hybridized carbons (Fsp3) is 0.200. The molecule has 0 aliphatic rings. The third kappa shape index (κ3) is 3.70. The van der Waals surface area contributed by atoms with E-state index < -0.39 is 0 Å². The van der Waals surface area contributed by atoms with Gasteiger partial charge in [-0.3, -0.25) is 0 Å². The van der Waals surface area contributed by atoms with Gasteiger partial charge in [-0.25, -0.2) is 9.97 Å². The number of hydrogen-bond acceptors (Lipinski definition) is 6. The molecule has 0 N–H and O–H groups in total. The molecule has 28 heavy (non-hydrogen) atoms. The van der Waals surface area contributed by atoms with E-state index in [1.54, 1.807) is 37.3 Å². The molecule has 4 aromatic rings. The van der Waals surface area contributed by atoms with Crippen molar-refractivity contribution in [2.45, 2.75) is 10.9 Å². The van der Waals surface area contributed by atoms with Crippen LogP contribution in [-0.2, 0) is 12.8 Å². The highest BCUT2D eigenvalue weighted by atomic mass is 35.5. The summed E-state index contributed by atoms with van der Waals surface area (Å²) in [6, 6.07) is 11.5. The Morgan fingerprint density at radius 2 is 1.96 bits per heavy atom. The van der Waals surface area contributed by atoms with Crippen LogP contribution >= 0.6 is 34.7 Å². The smallest absolute Gasteiger partial charge is 0.169 e. The molecular weight excluding hydrogens is 414 g/mol. The molecule has 144 valence electrons. The molecule has 0 atom stereocenters. The Hall–Kier alpha value is -2.22. The van der Waals surface area contributed by atoms with Gasteiger partial charge in [0, 0.05) is 29.3 Å². The Morgan fingerprint density at radius 3 is 2.75 bits per heavy atom. The van der Waals surface area contributed by atoms with Crippen LogP contribution in [0.2, 0.25) is 5.02 Å². The zero-order chi connectivity index (χ0) is 19.7. The van der Waals surface area contributed by atoms with Gasteiger partial charge in [-0.1, -0.05) is 23.4 Å². The van der Waals surface area contributed by atoms with E-state index >= 15 is 0 Å². The summed E-state index contributed by atoms with van der Waals surface area (Å²) in [7, 11) is 5.31. The largest absolute Gasteiger partial charge is 0.497 e. The number of methoxy groups -OCH3 is 2. The molecule has 0 aliphatic carbocycles. The van der Waals surface area contributed by atoms with Crippen LogP contribution in [0.4, 0.5) is 0 Å². The second-order valence-corrected chi connectivity index (χ2v) is 8.32. The molecule has 2 aromatic carbocycles. The van der Waals surface area contributed by atoms with Gasteiger partial charge >= 0.3 is 0 Å². The number of benzene rings is 2. The summed E-state index contributed by atoms with van der Waals surface area (Å²) < 4.78 is 12.8. The minimum Gasteiger partial charge on any atom is -0.497 e. The molecule has 8 heteroatoms. The Balaban J connectivity index is 1.54. The van der Waals surface area contributed by atoms with Crippen LogP contribution in [0, 0.1) is 0 Å². The molecule has 0 bridgehead atoms. The summed E-state index contributed by atoms with van der Waals surface area (Å²) in [6.45, 7) is 0. The van der Waals surface area contributed by atoms with E-state index in [-0.39, 0.29) is 0 Å². The van der Waals surface area contributed by atoms with E-state index in [0.717, 1.165) is 49.7 Å². The number of nitrogens with zero attached hydrogens (tertiary/aromatic N) is 3. The first-order chi connectivity index (χ1) is 13.6. The number of rotatable bonds is 6. The van der Waals surface area contributed by atoms with E-state index in [1.807, 2.05) is 43.4 Å². The minimum atomic E-state index is 0.694. The second-order valence-electron chi connectivity index (χ2n) is 6.09. The number of aromatic nitrogens is 3. The zero-order valence-corrected chi connectivity index (χ0v) is 18.0. The lowest BCUT2D eigenvalue weighted by Gasteiger charge is -2.08. The Morgan fingerprint density at radius 1 is 1.11 bits per heavy atom. The summed E-state index contributed by atoms with van der Waals surface area (Å²) in [5.41, 5.74) is 3.93. The van der Waals surface area contributed by atoms with E-state index in [2.05, 4.69) is 14.9 Å². The molecule has 0 fully saturated rings. The number of ether oxygens (including phenoxy) is 2. The molecule has 0 spiro atoms. The second kappa shape index (κ2) is 8.03. The maximum atomic E-state index is 6.08. The van der Waals surface area contributed by atoms with Crippen molar-refractivity contribution < 1.29 is 9.47 Å². The van der Waals surface area contributed by atoms with Crippen LogP contribution in [0.3, 0.4) is 0 Å². The number of fused-ring (bicyclic) bond motifs is 1. The van der Waals surface area contributed by atoms with Crippen LogP contribution in [0.25, 0.3) is 21.6 Å². The van der Waals surface area contributed by atoms with Crippen molar-refractivity contribution in [3.8, 4) is 22.1 Å². The normalized spacial score (nSPS) is 11.1. The fourth-order valence-electron chi connectivity index (χ4n) is 2.89. The lowest BCUT2D eigenvalue weighted by atomic mass is 10.2. The van der Waals surface area contributed by atoms with Gasteiger partial charge in [0.25, 0.3) is 0 Å².